The Morgan fingerprint density at radius 3 is 2.81 bits per heavy atom. The first kappa shape index (κ1) is 17.9. The molecule has 2 rings (SSSR count). The predicted molar refractivity (Wildman–Crippen MR) is 71.9 cm³/mol. The van der Waals surface area contributed by atoms with Gasteiger partial charge in [-0.1, -0.05) is 0 Å². The summed E-state index contributed by atoms with van der Waals surface area (Å²) in [6, 6.07) is 3.12. The smallest absolute Gasteiger partial charge is 0.371 e. The number of aromatic carboxylic acids is 1. The normalized spacial score (nSPS) is 15.9. The average Bonchev–Trinajstić information content (AvgIpc) is 2.89. The van der Waals surface area contributed by atoms with Crippen LogP contribution in [0.1, 0.15) is 35.6 Å². The van der Waals surface area contributed by atoms with Crippen LogP contribution in [0.3, 0.4) is 0 Å². The van der Waals surface area contributed by atoms with Crippen molar-refractivity contribution in [3.63, 3.8) is 0 Å². The van der Waals surface area contributed by atoms with Crippen molar-refractivity contribution in [1.82, 2.24) is 10.0 Å². The van der Waals surface area contributed by atoms with Crippen molar-refractivity contribution in [3.05, 3.63) is 30.6 Å². The molecule has 21 heavy (non-hydrogen) atoms. The molecule has 1 fully saturated rings. The standard InChI is InChI=1S/C14H19N2O4.W/c1-2-15-9-4-6-13(17)16(15)10-3-5-11-7-8-12(20-11)14(18)19;/h7-8H,1-6,9-10H2,(H,18,19);/q-1;. The van der Waals surface area contributed by atoms with Crippen molar-refractivity contribution >= 4 is 11.9 Å². The molecule has 1 aromatic rings. The maximum atomic E-state index is 11.9. The van der Waals surface area contributed by atoms with E-state index in [-0.39, 0.29) is 32.7 Å². The molecule has 0 aliphatic carbocycles. The fourth-order valence-corrected chi connectivity index (χ4v) is 2.35. The van der Waals surface area contributed by atoms with E-state index in [1.807, 2.05) is 5.01 Å². The van der Waals surface area contributed by atoms with Crippen LogP contribution in [-0.4, -0.2) is 46.6 Å². The Kier molecular flexibility index (Phi) is 7.12. The Bertz CT molecular complexity index is 489. The summed E-state index contributed by atoms with van der Waals surface area (Å²) in [4.78, 5) is 22.6. The molecule has 116 valence electrons. The predicted octanol–water partition coefficient (Wildman–Crippen LogP) is 1.58. The Morgan fingerprint density at radius 1 is 1.43 bits per heavy atom. The topological polar surface area (TPSA) is 74.0 Å². The SMILES string of the molecule is [CH2-]CN1CCCC(=O)N1CCCc1ccc(C(=O)O)o1.[W]. The van der Waals surface area contributed by atoms with Crippen LogP contribution in [0.25, 0.3) is 0 Å². The molecule has 0 radical (unpaired) electrons. The number of hydrogen-bond donors (Lipinski definition) is 1. The minimum Gasteiger partial charge on any atom is -0.475 e. The van der Waals surface area contributed by atoms with Gasteiger partial charge in [0, 0.05) is 47.0 Å². The molecule has 2 heterocycles. The number of hydrogen-bond acceptors (Lipinski definition) is 4. The minimum absolute atomic E-state index is 0. The quantitative estimate of drug-likeness (QED) is 0.649. The third-order valence-electron chi connectivity index (χ3n) is 3.36. The monoisotopic (exact) mass is 463 g/mol. The molecule has 1 amide bonds. The first-order valence-electron chi connectivity index (χ1n) is 6.78. The summed E-state index contributed by atoms with van der Waals surface area (Å²) >= 11 is 0. The van der Waals surface area contributed by atoms with Crippen LogP contribution < -0.4 is 0 Å². The number of carboxylic acids is 1. The van der Waals surface area contributed by atoms with Gasteiger partial charge in [0.2, 0.25) is 11.7 Å². The van der Waals surface area contributed by atoms with Crippen molar-refractivity contribution in [3.8, 4) is 0 Å². The van der Waals surface area contributed by atoms with Crippen molar-refractivity contribution in [2.45, 2.75) is 25.7 Å². The van der Waals surface area contributed by atoms with Gasteiger partial charge in [-0.05, 0) is 25.0 Å². The number of carboxylic acid groups (broad SMARTS) is 1. The first-order valence-corrected chi connectivity index (χ1v) is 6.78. The van der Waals surface area contributed by atoms with E-state index in [1.54, 1.807) is 11.1 Å². The number of aryl methyl sites for hydroxylation is 1. The van der Waals surface area contributed by atoms with E-state index < -0.39 is 5.97 Å². The van der Waals surface area contributed by atoms with E-state index in [4.69, 9.17) is 9.52 Å². The van der Waals surface area contributed by atoms with Crippen LogP contribution in [0.5, 0.6) is 0 Å². The van der Waals surface area contributed by atoms with E-state index in [1.165, 1.54) is 6.07 Å². The van der Waals surface area contributed by atoms with Crippen molar-refractivity contribution in [2.24, 2.45) is 0 Å². The molecule has 0 bridgehead atoms. The van der Waals surface area contributed by atoms with Gasteiger partial charge in [-0.3, -0.25) is 9.80 Å². The molecule has 1 aromatic heterocycles. The van der Waals surface area contributed by atoms with E-state index in [0.717, 1.165) is 19.4 Å². The van der Waals surface area contributed by atoms with Gasteiger partial charge in [0.15, 0.2) is 0 Å². The molecule has 1 N–H and O–H groups in total. The zero-order valence-electron chi connectivity index (χ0n) is 11.8. The molecule has 0 aromatic carbocycles. The van der Waals surface area contributed by atoms with Gasteiger partial charge in [-0.2, -0.15) is 0 Å². The molecule has 6 nitrogen and oxygen atoms in total. The summed E-state index contributed by atoms with van der Waals surface area (Å²) in [5.74, 6) is -0.349. The van der Waals surface area contributed by atoms with Crippen LogP contribution in [-0.2, 0) is 32.3 Å². The van der Waals surface area contributed by atoms with Crippen LogP contribution in [0.4, 0.5) is 0 Å². The molecule has 1 aliphatic rings. The van der Waals surface area contributed by atoms with Crippen molar-refractivity contribution < 1.29 is 40.2 Å². The second-order valence-corrected chi connectivity index (χ2v) is 4.75. The summed E-state index contributed by atoms with van der Waals surface area (Å²) in [6.07, 6.45) is 2.81. The second-order valence-electron chi connectivity index (χ2n) is 4.75. The minimum atomic E-state index is -1.06. The summed E-state index contributed by atoms with van der Waals surface area (Å²) in [6.45, 7) is 5.88. The third-order valence-corrected chi connectivity index (χ3v) is 3.36. The Morgan fingerprint density at radius 2 is 2.19 bits per heavy atom. The fraction of sp³-hybridized carbons (Fsp3) is 0.500. The summed E-state index contributed by atoms with van der Waals surface area (Å²) in [5.41, 5.74) is 0. The molecule has 0 atom stereocenters. The van der Waals surface area contributed by atoms with E-state index in [0.29, 0.717) is 31.7 Å². The van der Waals surface area contributed by atoms with Crippen LogP contribution in [0, 0.1) is 6.92 Å². The molecule has 1 saturated heterocycles. The van der Waals surface area contributed by atoms with Crippen molar-refractivity contribution in [1.29, 1.82) is 0 Å². The van der Waals surface area contributed by atoms with Crippen LogP contribution in [0.15, 0.2) is 16.5 Å². The molecule has 0 saturated carbocycles. The molecule has 7 heteroatoms. The van der Waals surface area contributed by atoms with Crippen LogP contribution >= 0.6 is 0 Å². The van der Waals surface area contributed by atoms with E-state index >= 15 is 0 Å². The Labute approximate surface area is 138 Å². The summed E-state index contributed by atoms with van der Waals surface area (Å²) in [7, 11) is 0. The number of rotatable bonds is 6. The average molecular weight is 463 g/mol. The molecule has 1 aliphatic heterocycles. The van der Waals surface area contributed by atoms with Crippen LogP contribution in [0.2, 0.25) is 0 Å². The number of carbonyl (C=O) groups excluding carboxylic acids is 1. The number of amides is 1. The van der Waals surface area contributed by atoms with Gasteiger partial charge in [0.25, 0.3) is 0 Å². The number of carbonyl (C=O) groups is 2. The van der Waals surface area contributed by atoms with E-state index in [9.17, 15) is 9.59 Å². The zero-order valence-corrected chi connectivity index (χ0v) is 14.7. The molecule has 0 spiro atoms. The van der Waals surface area contributed by atoms with Gasteiger partial charge in [0.1, 0.15) is 5.76 Å². The summed E-state index contributed by atoms with van der Waals surface area (Å²) < 4.78 is 5.19. The number of hydrazine groups is 1. The van der Waals surface area contributed by atoms with Gasteiger partial charge < -0.3 is 16.4 Å². The van der Waals surface area contributed by atoms with Gasteiger partial charge in [0.05, 0.1) is 0 Å². The first-order chi connectivity index (χ1) is 9.61. The third kappa shape index (κ3) is 4.68. The van der Waals surface area contributed by atoms with Gasteiger partial charge >= 0.3 is 5.97 Å². The Balaban J connectivity index is 0.00000220. The van der Waals surface area contributed by atoms with Gasteiger partial charge in [-0.15, -0.1) is 6.54 Å². The maximum Gasteiger partial charge on any atom is 0.371 e. The summed E-state index contributed by atoms with van der Waals surface area (Å²) in [5, 5.41) is 12.5. The molecule has 0 unspecified atom stereocenters. The molecular formula is C14H19N2O4W-. The largest absolute Gasteiger partial charge is 0.475 e. The number of furan rings is 1. The van der Waals surface area contributed by atoms with E-state index in [2.05, 4.69) is 6.92 Å². The maximum absolute atomic E-state index is 11.9. The van der Waals surface area contributed by atoms with Gasteiger partial charge in [-0.25, -0.2) is 9.80 Å². The van der Waals surface area contributed by atoms with Crippen molar-refractivity contribution in [2.75, 3.05) is 19.6 Å². The second kappa shape index (κ2) is 8.34. The number of nitrogens with zero attached hydrogens (tertiary/aromatic N) is 2. The fourth-order valence-electron chi connectivity index (χ4n) is 2.35. The zero-order chi connectivity index (χ0) is 14.5. The Hall–Kier alpha value is -1.13. The molecular weight excluding hydrogens is 444 g/mol.